The molecule has 0 atom stereocenters. The number of benzene rings is 1. The summed E-state index contributed by atoms with van der Waals surface area (Å²) in [6, 6.07) is 4.39. The Morgan fingerprint density at radius 2 is 1.92 bits per heavy atom. The van der Waals surface area contributed by atoms with Gasteiger partial charge in [-0.25, -0.2) is 9.07 Å². The molecule has 0 saturated carbocycles. The summed E-state index contributed by atoms with van der Waals surface area (Å²) in [7, 11) is 0. The van der Waals surface area contributed by atoms with Gasteiger partial charge in [0.15, 0.2) is 5.69 Å². The normalized spacial score (nSPS) is 14.6. The van der Waals surface area contributed by atoms with E-state index in [9.17, 15) is 22.4 Å². The highest BCUT2D eigenvalue weighted by atomic mass is 35.5. The summed E-state index contributed by atoms with van der Waals surface area (Å²) in [5.74, 6) is -1.19. The first-order valence-electron chi connectivity index (χ1n) is 7.26. The number of rotatable bonds is 4. The molecule has 3 rings (SSSR count). The monoisotopic (exact) mass is 378 g/mol. The summed E-state index contributed by atoms with van der Waals surface area (Å²) < 4.78 is 53.8. The molecule has 1 aromatic carbocycles. The maximum absolute atomic E-state index is 13.4. The lowest BCUT2D eigenvalue weighted by Gasteiger charge is -2.27. The number of halogens is 5. The molecule has 1 aliphatic heterocycles. The van der Waals surface area contributed by atoms with Crippen LogP contribution in [0.1, 0.15) is 16.1 Å². The van der Waals surface area contributed by atoms with Crippen molar-refractivity contribution in [3.05, 3.63) is 47.5 Å². The van der Waals surface area contributed by atoms with Crippen LogP contribution in [0, 0.1) is 11.7 Å². The van der Waals surface area contributed by atoms with E-state index in [0.29, 0.717) is 11.2 Å². The zero-order chi connectivity index (χ0) is 17.3. The lowest BCUT2D eigenvalue weighted by atomic mass is 10.0. The molecule has 136 valence electrons. The average Bonchev–Trinajstić information content (AvgIpc) is 2.91. The van der Waals surface area contributed by atoms with Crippen molar-refractivity contribution in [2.24, 2.45) is 5.92 Å². The van der Waals surface area contributed by atoms with Gasteiger partial charge in [0.2, 0.25) is 0 Å². The van der Waals surface area contributed by atoms with Crippen LogP contribution >= 0.6 is 12.4 Å². The van der Waals surface area contributed by atoms with E-state index in [1.54, 1.807) is 0 Å². The van der Waals surface area contributed by atoms with Crippen LogP contribution in [0.3, 0.4) is 0 Å². The third-order valence-corrected chi connectivity index (χ3v) is 3.77. The van der Waals surface area contributed by atoms with E-state index in [1.165, 1.54) is 12.1 Å². The smallest absolute Gasteiger partial charge is 0.352 e. The van der Waals surface area contributed by atoms with Crippen molar-refractivity contribution in [1.29, 1.82) is 0 Å². The van der Waals surface area contributed by atoms with Crippen LogP contribution in [0.2, 0.25) is 0 Å². The number of amides is 1. The Kier molecular flexibility index (Phi) is 5.69. The number of aromatic nitrogens is 2. The number of hydrogen-bond donors (Lipinski definition) is 2. The van der Waals surface area contributed by atoms with Gasteiger partial charge < -0.3 is 10.6 Å². The predicted octanol–water partition coefficient (Wildman–Crippen LogP) is 2.40. The van der Waals surface area contributed by atoms with Crippen LogP contribution < -0.4 is 10.6 Å². The van der Waals surface area contributed by atoms with Crippen LogP contribution in [-0.4, -0.2) is 35.3 Å². The van der Waals surface area contributed by atoms with Crippen LogP contribution in [-0.2, 0) is 6.18 Å². The van der Waals surface area contributed by atoms with E-state index in [-0.39, 0.29) is 24.0 Å². The first-order valence-corrected chi connectivity index (χ1v) is 7.26. The minimum Gasteiger partial charge on any atom is -0.352 e. The molecule has 0 spiro atoms. The molecule has 1 saturated heterocycles. The fourth-order valence-corrected chi connectivity index (χ4v) is 2.39. The number of alkyl halides is 3. The zero-order valence-corrected chi connectivity index (χ0v) is 13.6. The molecule has 0 unspecified atom stereocenters. The van der Waals surface area contributed by atoms with Gasteiger partial charge in [-0.05, 0) is 24.3 Å². The Morgan fingerprint density at radius 3 is 2.44 bits per heavy atom. The summed E-state index contributed by atoms with van der Waals surface area (Å²) in [6.07, 6.45) is -3.91. The van der Waals surface area contributed by atoms with Crippen molar-refractivity contribution < 1.29 is 22.4 Å². The molecule has 1 fully saturated rings. The maximum atomic E-state index is 13.4. The van der Waals surface area contributed by atoms with E-state index < -0.39 is 29.2 Å². The molecule has 25 heavy (non-hydrogen) atoms. The van der Waals surface area contributed by atoms with Crippen molar-refractivity contribution in [3.63, 3.8) is 0 Å². The van der Waals surface area contributed by atoms with E-state index >= 15 is 0 Å². The first-order chi connectivity index (χ1) is 11.4. The molecule has 1 amide bonds. The number of hydrogen-bond acceptors (Lipinski definition) is 3. The highest BCUT2D eigenvalue weighted by Gasteiger charge is 2.40. The summed E-state index contributed by atoms with van der Waals surface area (Å²) in [5.41, 5.74) is -1.72. The van der Waals surface area contributed by atoms with Gasteiger partial charge in [0, 0.05) is 25.6 Å². The van der Waals surface area contributed by atoms with Crippen molar-refractivity contribution >= 4 is 18.3 Å². The molecule has 0 radical (unpaired) electrons. The van der Waals surface area contributed by atoms with Gasteiger partial charge in [-0.2, -0.15) is 18.3 Å². The Hall–Kier alpha value is -2.13. The molecule has 2 heterocycles. The molecular weight excluding hydrogens is 364 g/mol. The molecule has 1 aliphatic rings. The van der Waals surface area contributed by atoms with E-state index in [1.807, 2.05) is 0 Å². The van der Waals surface area contributed by atoms with E-state index in [4.69, 9.17) is 0 Å². The molecule has 1 aromatic heterocycles. The second-order valence-corrected chi connectivity index (χ2v) is 5.53. The summed E-state index contributed by atoms with van der Waals surface area (Å²) in [4.78, 5) is 12.1. The summed E-state index contributed by atoms with van der Waals surface area (Å²) in [6.45, 7) is 1.74. The highest BCUT2D eigenvalue weighted by molar-refractivity contribution is 5.95. The molecule has 10 heteroatoms. The van der Waals surface area contributed by atoms with Gasteiger partial charge in [0.25, 0.3) is 5.91 Å². The summed E-state index contributed by atoms with van der Waals surface area (Å²) >= 11 is 0. The fraction of sp³-hybridized carbons (Fsp3) is 0.333. The van der Waals surface area contributed by atoms with Gasteiger partial charge in [0.1, 0.15) is 5.82 Å². The SMILES string of the molecule is Cl.O=C(NCC1CNC1)c1cnn(-c2ccc(F)cc2)c1C(F)(F)F. The lowest BCUT2D eigenvalue weighted by Crippen LogP contribution is -2.48. The number of carbonyl (C=O) groups excluding carboxylic acids is 1. The van der Waals surface area contributed by atoms with Gasteiger partial charge in [-0.15, -0.1) is 12.4 Å². The molecular formula is C15H15ClF4N4O. The number of nitrogens with one attached hydrogen (secondary N) is 2. The van der Waals surface area contributed by atoms with Crippen molar-refractivity contribution in [3.8, 4) is 5.69 Å². The van der Waals surface area contributed by atoms with Gasteiger partial charge in [0.05, 0.1) is 17.4 Å². The molecule has 5 nitrogen and oxygen atoms in total. The number of nitrogens with zero attached hydrogens (tertiary/aromatic N) is 2. The van der Waals surface area contributed by atoms with Crippen molar-refractivity contribution in [2.45, 2.75) is 6.18 Å². The first kappa shape index (κ1) is 19.2. The van der Waals surface area contributed by atoms with Gasteiger partial charge in [-0.3, -0.25) is 4.79 Å². The zero-order valence-electron chi connectivity index (χ0n) is 12.8. The van der Waals surface area contributed by atoms with Crippen LogP contribution in [0.15, 0.2) is 30.5 Å². The predicted molar refractivity (Wildman–Crippen MR) is 84.5 cm³/mol. The molecule has 0 aliphatic carbocycles. The topological polar surface area (TPSA) is 59.0 Å². The number of carbonyl (C=O) groups is 1. The Balaban J connectivity index is 0.00000225. The Morgan fingerprint density at radius 1 is 1.28 bits per heavy atom. The fourth-order valence-electron chi connectivity index (χ4n) is 2.39. The minimum atomic E-state index is -4.78. The third-order valence-electron chi connectivity index (χ3n) is 3.77. The molecule has 0 bridgehead atoms. The quantitative estimate of drug-likeness (QED) is 0.803. The third kappa shape index (κ3) is 4.10. The van der Waals surface area contributed by atoms with Crippen molar-refractivity contribution in [1.82, 2.24) is 20.4 Å². The minimum absolute atomic E-state index is 0. The summed E-state index contributed by atoms with van der Waals surface area (Å²) in [5, 5.41) is 9.17. The molecule has 2 aromatic rings. The molecule has 2 N–H and O–H groups in total. The van der Waals surface area contributed by atoms with E-state index in [0.717, 1.165) is 31.4 Å². The van der Waals surface area contributed by atoms with Gasteiger partial charge >= 0.3 is 6.18 Å². The second-order valence-electron chi connectivity index (χ2n) is 5.53. The highest BCUT2D eigenvalue weighted by Crippen LogP contribution is 2.33. The Bertz CT molecular complexity index is 741. The Labute approximate surface area is 146 Å². The van der Waals surface area contributed by atoms with Crippen LogP contribution in [0.5, 0.6) is 0 Å². The lowest BCUT2D eigenvalue weighted by molar-refractivity contribution is -0.143. The maximum Gasteiger partial charge on any atom is 0.434 e. The average molecular weight is 379 g/mol. The van der Waals surface area contributed by atoms with Gasteiger partial charge in [-0.1, -0.05) is 0 Å². The van der Waals surface area contributed by atoms with E-state index in [2.05, 4.69) is 15.7 Å². The van der Waals surface area contributed by atoms with Crippen LogP contribution in [0.4, 0.5) is 17.6 Å². The van der Waals surface area contributed by atoms with Crippen molar-refractivity contribution in [2.75, 3.05) is 19.6 Å². The van der Waals surface area contributed by atoms with Crippen LogP contribution in [0.25, 0.3) is 5.69 Å². The second kappa shape index (κ2) is 7.40. The standard InChI is InChI=1S/C15H14F4N4O.ClH/c16-10-1-3-11(4-2-10)23-13(15(17,18)19)12(8-22-23)14(24)21-7-9-5-20-6-9;/h1-4,8-9,20H,5-7H2,(H,21,24);1H. The largest absolute Gasteiger partial charge is 0.434 e.